The third-order valence-electron chi connectivity index (χ3n) is 5.41. The highest BCUT2D eigenvalue weighted by Gasteiger charge is 2.24. The first-order valence-electron chi connectivity index (χ1n) is 10.5. The van der Waals surface area contributed by atoms with Gasteiger partial charge in [0.25, 0.3) is 0 Å². The number of methoxy groups -OCH3 is 1. The van der Waals surface area contributed by atoms with Gasteiger partial charge in [-0.15, -0.1) is 10.2 Å². The fraction of sp³-hybridized carbons (Fsp3) is 0.375. The monoisotopic (exact) mass is 434 g/mol. The first kappa shape index (κ1) is 21.4. The molecule has 7 heteroatoms. The second-order valence-corrected chi connectivity index (χ2v) is 8.88. The molecule has 2 atom stereocenters. The fourth-order valence-electron chi connectivity index (χ4n) is 3.67. The van der Waals surface area contributed by atoms with Gasteiger partial charge >= 0.3 is 0 Å². The first-order valence-corrected chi connectivity index (χ1v) is 11.4. The summed E-state index contributed by atoms with van der Waals surface area (Å²) in [6, 6.07) is 18.6. The Balaban J connectivity index is 1.59. The second kappa shape index (κ2) is 9.99. The van der Waals surface area contributed by atoms with E-state index in [0.29, 0.717) is 13.0 Å². The van der Waals surface area contributed by atoms with Crippen LogP contribution in [0.4, 0.5) is 0 Å². The van der Waals surface area contributed by atoms with Crippen LogP contribution in [0.25, 0.3) is 11.4 Å². The zero-order valence-corrected chi connectivity index (χ0v) is 18.6. The van der Waals surface area contributed by atoms with Gasteiger partial charge in [0.05, 0.1) is 25.8 Å². The van der Waals surface area contributed by atoms with Gasteiger partial charge in [0.15, 0.2) is 11.0 Å². The van der Waals surface area contributed by atoms with Gasteiger partial charge in [-0.25, -0.2) is 0 Å². The Hall–Kier alpha value is -2.82. The van der Waals surface area contributed by atoms with Gasteiger partial charge in [0, 0.05) is 12.2 Å². The lowest BCUT2D eigenvalue weighted by Crippen LogP contribution is -2.17. The van der Waals surface area contributed by atoms with Crippen LogP contribution < -0.4 is 4.74 Å². The quantitative estimate of drug-likeness (QED) is 0.480. The lowest BCUT2D eigenvalue weighted by molar-refractivity contribution is 0.0953. The van der Waals surface area contributed by atoms with E-state index in [1.807, 2.05) is 24.3 Å². The summed E-state index contributed by atoms with van der Waals surface area (Å²) in [5.74, 6) is 1.58. The molecule has 2 heterocycles. The van der Waals surface area contributed by atoms with E-state index in [-0.39, 0.29) is 11.4 Å². The Labute approximate surface area is 187 Å². The molecule has 1 saturated heterocycles. The summed E-state index contributed by atoms with van der Waals surface area (Å²) in [7, 11) is 1.65. The molecule has 2 aromatic carbocycles. The van der Waals surface area contributed by atoms with Crippen LogP contribution in [-0.4, -0.2) is 39.8 Å². The zero-order valence-electron chi connectivity index (χ0n) is 17.8. The number of rotatable bonds is 8. The highest BCUT2D eigenvalue weighted by atomic mass is 32.2. The average molecular weight is 435 g/mol. The van der Waals surface area contributed by atoms with Crippen molar-refractivity contribution in [3.8, 4) is 23.2 Å². The second-order valence-electron chi connectivity index (χ2n) is 7.71. The largest absolute Gasteiger partial charge is 0.497 e. The lowest BCUT2D eigenvalue weighted by Gasteiger charge is -2.16. The first-order chi connectivity index (χ1) is 15.2. The molecular weight excluding hydrogens is 408 g/mol. The molecule has 31 heavy (non-hydrogen) atoms. The Morgan fingerprint density at radius 2 is 1.97 bits per heavy atom. The van der Waals surface area contributed by atoms with Crippen LogP contribution in [0.3, 0.4) is 0 Å². The van der Waals surface area contributed by atoms with Crippen molar-refractivity contribution in [2.75, 3.05) is 13.7 Å². The zero-order chi connectivity index (χ0) is 21.6. The Kier molecular flexibility index (Phi) is 6.90. The Bertz CT molecular complexity index is 1030. The maximum absolute atomic E-state index is 9.79. The van der Waals surface area contributed by atoms with Crippen LogP contribution in [0.15, 0.2) is 53.7 Å². The smallest absolute Gasteiger partial charge is 0.192 e. The van der Waals surface area contributed by atoms with Crippen LogP contribution in [-0.2, 0) is 17.7 Å². The van der Waals surface area contributed by atoms with Crippen LogP contribution in [0.1, 0.15) is 24.0 Å². The minimum atomic E-state index is -0.251. The van der Waals surface area contributed by atoms with Crippen LogP contribution in [0, 0.1) is 18.3 Å². The number of aromatic nitrogens is 3. The van der Waals surface area contributed by atoms with E-state index in [1.54, 1.807) is 7.11 Å². The molecule has 0 spiro atoms. The Morgan fingerprint density at radius 1 is 1.19 bits per heavy atom. The molecule has 0 amide bonds. The fourth-order valence-corrected chi connectivity index (χ4v) is 4.62. The summed E-state index contributed by atoms with van der Waals surface area (Å²) in [4.78, 5) is 0. The third kappa shape index (κ3) is 5.27. The van der Waals surface area contributed by atoms with Crippen LogP contribution in [0.2, 0.25) is 0 Å². The van der Waals surface area contributed by atoms with Gasteiger partial charge in [-0.2, -0.15) is 5.26 Å². The lowest BCUT2D eigenvalue weighted by atomic mass is 10.1. The molecular formula is C24H26N4O2S. The number of hydrogen-bond acceptors (Lipinski definition) is 6. The topological polar surface area (TPSA) is 73.0 Å². The van der Waals surface area contributed by atoms with Crippen molar-refractivity contribution in [1.29, 1.82) is 5.26 Å². The predicted octanol–water partition coefficient (Wildman–Crippen LogP) is 4.67. The highest BCUT2D eigenvalue weighted by Crippen LogP contribution is 2.30. The van der Waals surface area contributed by atoms with Gasteiger partial charge in [-0.1, -0.05) is 41.6 Å². The summed E-state index contributed by atoms with van der Waals surface area (Å²) in [5.41, 5.74) is 3.32. The van der Waals surface area contributed by atoms with Crippen molar-refractivity contribution >= 4 is 11.8 Å². The van der Waals surface area contributed by atoms with Gasteiger partial charge in [-0.05, 0) is 56.0 Å². The minimum absolute atomic E-state index is 0.144. The molecule has 0 bridgehead atoms. The van der Waals surface area contributed by atoms with Crippen molar-refractivity contribution in [3.63, 3.8) is 0 Å². The van der Waals surface area contributed by atoms with E-state index >= 15 is 0 Å². The highest BCUT2D eigenvalue weighted by molar-refractivity contribution is 8.00. The van der Waals surface area contributed by atoms with Crippen molar-refractivity contribution in [3.05, 3.63) is 59.7 Å². The molecule has 0 aliphatic carbocycles. The molecule has 1 fully saturated rings. The molecule has 1 aliphatic rings. The molecule has 0 saturated carbocycles. The van der Waals surface area contributed by atoms with Gasteiger partial charge in [0.1, 0.15) is 11.0 Å². The van der Waals surface area contributed by atoms with Gasteiger partial charge in [-0.3, -0.25) is 4.57 Å². The molecule has 0 N–H and O–H groups in total. The van der Waals surface area contributed by atoms with Crippen LogP contribution >= 0.6 is 11.8 Å². The summed E-state index contributed by atoms with van der Waals surface area (Å²) in [6.45, 7) is 3.54. The third-order valence-corrected chi connectivity index (χ3v) is 6.48. The molecule has 160 valence electrons. The van der Waals surface area contributed by atoms with Gasteiger partial charge in [0.2, 0.25) is 0 Å². The summed E-state index contributed by atoms with van der Waals surface area (Å²) in [5, 5.41) is 19.2. The van der Waals surface area contributed by atoms with Crippen molar-refractivity contribution < 1.29 is 9.47 Å². The van der Waals surface area contributed by atoms with Crippen molar-refractivity contribution in [1.82, 2.24) is 14.8 Å². The molecule has 0 radical (unpaired) electrons. The standard InChI is InChI=1S/C24H26N4O2S/c1-17-5-7-18(8-6-17)14-22(15-25)31-24-27-26-23(19-9-11-20(29-2)12-10-19)28(24)16-21-4-3-13-30-21/h5-12,21-22H,3-4,13-14,16H2,1-2H3/t21-,22+/m0/s1. The van der Waals surface area contributed by atoms with Crippen molar-refractivity contribution in [2.45, 2.75) is 49.2 Å². The number of ether oxygens (including phenoxy) is 2. The van der Waals surface area contributed by atoms with E-state index in [4.69, 9.17) is 9.47 Å². The number of nitrogens with zero attached hydrogens (tertiary/aromatic N) is 4. The summed E-state index contributed by atoms with van der Waals surface area (Å²) < 4.78 is 13.3. The average Bonchev–Trinajstić information content (AvgIpc) is 3.45. The minimum Gasteiger partial charge on any atom is -0.497 e. The normalized spacial score (nSPS) is 16.7. The van der Waals surface area contributed by atoms with E-state index in [9.17, 15) is 5.26 Å². The molecule has 4 rings (SSSR count). The van der Waals surface area contributed by atoms with E-state index in [2.05, 4.69) is 52.0 Å². The van der Waals surface area contributed by atoms with Crippen LogP contribution in [0.5, 0.6) is 5.75 Å². The number of hydrogen-bond donors (Lipinski definition) is 0. The summed E-state index contributed by atoms with van der Waals surface area (Å²) >= 11 is 1.47. The van der Waals surface area contributed by atoms with Crippen molar-refractivity contribution in [2.24, 2.45) is 0 Å². The maximum atomic E-state index is 9.79. The molecule has 0 unspecified atom stereocenters. The van der Waals surface area contributed by atoms with E-state index in [0.717, 1.165) is 47.3 Å². The number of aryl methyl sites for hydroxylation is 1. The molecule has 1 aliphatic heterocycles. The predicted molar refractivity (Wildman–Crippen MR) is 121 cm³/mol. The SMILES string of the molecule is COc1ccc(-c2nnc(S[C@@H](C#N)Cc3ccc(C)cc3)n2C[C@@H]2CCCO2)cc1. The maximum Gasteiger partial charge on any atom is 0.192 e. The van der Waals surface area contributed by atoms with E-state index < -0.39 is 0 Å². The Morgan fingerprint density at radius 3 is 2.61 bits per heavy atom. The number of benzene rings is 2. The van der Waals surface area contributed by atoms with E-state index in [1.165, 1.54) is 17.3 Å². The molecule has 1 aromatic heterocycles. The number of nitriles is 1. The number of thioether (sulfide) groups is 1. The summed E-state index contributed by atoms with van der Waals surface area (Å²) in [6.07, 6.45) is 2.90. The molecule has 3 aromatic rings. The molecule has 6 nitrogen and oxygen atoms in total. The van der Waals surface area contributed by atoms with Gasteiger partial charge < -0.3 is 9.47 Å².